The van der Waals surface area contributed by atoms with E-state index in [1.807, 2.05) is 4.90 Å². The van der Waals surface area contributed by atoms with Gasteiger partial charge >= 0.3 is 6.04 Å². The molecule has 0 aromatic heterocycles. The molecule has 2 saturated heterocycles. The second kappa shape index (κ2) is 9.86. The molecule has 26 heavy (non-hydrogen) atoms. The molecule has 0 spiro atoms. The smallest absolute Gasteiger partial charge is 0.332 e. The largest absolute Gasteiger partial charge is 0.382 e. The molecule has 2 aliphatic heterocycles. The summed E-state index contributed by atoms with van der Waals surface area (Å²) in [7, 11) is 0. The maximum absolute atomic E-state index is 12.6. The third-order valence-electron chi connectivity index (χ3n) is 4.57. The van der Waals surface area contributed by atoms with Crippen LogP contribution in [0.4, 0.5) is 10.1 Å². The van der Waals surface area contributed by atoms with Crippen LogP contribution in [0.15, 0.2) is 24.3 Å². The Bertz CT molecular complexity index is 609. The zero-order chi connectivity index (χ0) is 18.9. The van der Waals surface area contributed by atoms with Crippen molar-refractivity contribution in [3.8, 4) is 0 Å². The van der Waals surface area contributed by atoms with Gasteiger partial charge < -0.3 is 20.7 Å². The fourth-order valence-corrected chi connectivity index (χ4v) is 3.16. The van der Waals surface area contributed by atoms with E-state index in [1.54, 1.807) is 12.1 Å². The first kappa shape index (κ1) is 19.8. The van der Waals surface area contributed by atoms with Crippen LogP contribution in [0.25, 0.3) is 0 Å². The maximum atomic E-state index is 12.6. The molecule has 2 amide bonds. The predicted octanol–water partition coefficient (Wildman–Crippen LogP) is 1.34. The van der Waals surface area contributed by atoms with Gasteiger partial charge in [-0.3, -0.25) is 14.4 Å². The number of benzene rings is 1. The third kappa shape index (κ3) is 5.52. The Balaban J connectivity index is 0.000000758. The molecule has 8 heteroatoms. The van der Waals surface area contributed by atoms with Crippen molar-refractivity contribution in [2.45, 2.75) is 25.3 Å². The molecule has 0 aliphatic carbocycles. The van der Waals surface area contributed by atoms with Crippen LogP contribution >= 0.6 is 0 Å². The number of nitrogens with one attached hydrogen (secondary N) is 1. The van der Waals surface area contributed by atoms with E-state index in [1.165, 1.54) is 12.1 Å². The summed E-state index contributed by atoms with van der Waals surface area (Å²) in [5.74, 6) is 0.247. The SMILES string of the molecule is NC=O.O=C(F)c1ccc(NC2CCN(C(=O)C3CCOC3)CC2)cc1. The van der Waals surface area contributed by atoms with E-state index < -0.39 is 6.04 Å². The number of carbonyl (C=O) groups excluding carboxylic acids is 3. The molecular weight excluding hydrogens is 341 g/mol. The van der Waals surface area contributed by atoms with Crippen molar-refractivity contribution >= 4 is 24.0 Å². The number of amides is 2. The Hall–Kier alpha value is -2.48. The van der Waals surface area contributed by atoms with Gasteiger partial charge in [0.05, 0.1) is 18.1 Å². The van der Waals surface area contributed by atoms with Crippen LogP contribution in [-0.4, -0.2) is 55.6 Å². The van der Waals surface area contributed by atoms with E-state index in [4.69, 9.17) is 9.53 Å². The molecule has 0 radical (unpaired) electrons. The average Bonchev–Trinajstić information content (AvgIpc) is 3.17. The Morgan fingerprint density at radius 1 is 1.19 bits per heavy atom. The fraction of sp³-hybridized carbons (Fsp3) is 0.500. The molecule has 142 valence electrons. The summed E-state index contributed by atoms with van der Waals surface area (Å²) in [4.78, 5) is 33.5. The highest BCUT2D eigenvalue weighted by atomic mass is 19.1. The number of rotatable bonds is 4. The quantitative estimate of drug-likeness (QED) is 0.619. The molecule has 2 heterocycles. The molecule has 7 nitrogen and oxygen atoms in total. The van der Waals surface area contributed by atoms with Crippen molar-refractivity contribution in [1.29, 1.82) is 0 Å². The molecule has 2 aliphatic rings. The Morgan fingerprint density at radius 3 is 2.31 bits per heavy atom. The first-order valence-electron chi connectivity index (χ1n) is 8.63. The number of likely N-dealkylation sites (tertiary alicyclic amines) is 1. The normalized spacial score (nSPS) is 20.0. The van der Waals surface area contributed by atoms with Crippen LogP contribution in [0.2, 0.25) is 0 Å². The Morgan fingerprint density at radius 2 is 1.81 bits per heavy atom. The van der Waals surface area contributed by atoms with Gasteiger partial charge in [-0.2, -0.15) is 4.39 Å². The van der Waals surface area contributed by atoms with Gasteiger partial charge in [0, 0.05) is 31.4 Å². The molecule has 0 saturated carbocycles. The lowest BCUT2D eigenvalue weighted by Gasteiger charge is -2.34. The summed E-state index contributed by atoms with van der Waals surface area (Å²) in [6.07, 6.45) is 2.84. The van der Waals surface area contributed by atoms with Crippen molar-refractivity contribution in [2.24, 2.45) is 11.7 Å². The number of ether oxygens (including phenoxy) is 1. The van der Waals surface area contributed by atoms with Crippen molar-refractivity contribution < 1.29 is 23.5 Å². The molecule has 1 aromatic carbocycles. The maximum Gasteiger partial charge on any atom is 0.332 e. The summed E-state index contributed by atoms with van der Waals surface area (Å²) in [6, 6.07) is 5.23. The van der Waals surface area contributed by atoms with Crippen molar-refractivity contribution in [2.75, 3.05) is 31.6 Å². The van der Waals surface area contributed by atoms with Crippen molar-refractivity contribution in [1.82, 2.24) is 4.90 Å². The highest BCUT2D eigenvalue weighted by molar-refractivity contribution is 5.88. The zero-order valence-corrected chi connectivity index (χ0v) is 14.5. The zero-order valence-electron chi connectivity index (χ0n) is 14.5. The monoisotopic (exact) mass is 365 g/mol. The number of hydrogen-bond donors (Lipinski definition) is 2. The van der Waals surface area contributed by atoms with E-state index in [0.29, 0.717) is 13.2 Å². The molecule has 1 unspecified atom stereocenters. The van der Waals surface area contributed by atoms with Crippen LogP contribution in [-0.2, 0) is 14.3 Å². The molecule has 1 aromatic rings. The summed E-state index contributed by atoms with van der Waals surface area (Å²) in [5.41, 5.74) is 5.10. The molecule has 3 N–H and O–H groups in total. The lowest BCUT2D eigenvalue weighted by atomic mass is 10.0. The number of nitrogens with two attached hydrogens (primary N) is 1. The van der Waals surface area contributed by atoms with Crippen LogP contribution in [0.5, 0.6) is 0 Å². The molecule has 2 fully saturated rings. The first-order valence-corrected chi connectivity index (χ1v) is 8.63. The lowest BCUT2D eigenvalue weighted by molar-refractivity contribution is -0.136. The predicted molar refractivity (Wildman–Crippen MR) is 94.3 cm³/mol. The molecule has 3 rings (SSSR count). The highest BCUT2D eigenvalue weighted by Gasteiger charge is 2.30. The lowest BCUT2D eigenvalue weighted by Crippen LogP contribution is -2.45. The topological polar surface area (TPSA) is 102 Å². The van der Waals surface area contributed by atoms with E-state index in [9.17, 15) is 14.0 Å². The Labute approximate surface area is 151 Å². The van der Waals surface area contributed by atoms with E-state index in [2.05, 4.69) is 11.1 Å². The van der Waals surface area contributed by atoms with Crippen LogP contribution < -0.4 is 11.1 Å². The number of hydrogen-bond acceptors (Lipinski definition) is 5. The summed E-state index contributed by atoms with van der Waals surface area (Å²) in [5, 5.41) is 3.38. The van der Waals surface area contributed by atoms with E-state index in [0.717, 1.165) is 38.0 Å². The van der Waals surface area contributed by atoms with E-state index >= 15 is 0 Å². The minimum atomic E-state index is -1.42. The number of halogens is 1. The van der Waals surface area contributed by atoms with Gasteiger partial charge in [0.1, 0.15) is 0 Å². The van der Waals surface area contributed by atoms with Gasteiger partial charge in [0.25, 0.3) is 0 Å². The molecular formula is C18H24FN3O4. The summed E-state index contributed by atoms with van der Waals surface area (Å²) >= 11 is 0. The number of primary amides is 1. The summed E-state index contributed by atoms with van der Waals surface area (Å²) in [6.45, 7) is 2.73. The van der Waals surface area contributed by atoms with Crippen molar-refractivity contribution in [3.63, 3.8) is 0 Å². The van der Waals surface area contributed by atoms with Crippen LogP contribution in [0, 0.1) is 5.92 Å². The average molecular weight is 365 g/mol. The van der Waals surface area contributed by atoms with E-state index in [-0.39, 0.29) is 29.8 Å². The molecule has 1 atom stereocenters. The Kier molecular flexibility index (Phi) is 7.53. The van der Waals surface area contributed by atoms with Crippen LogP contribution in [0.3, 0.4) is 0 Å². The number of piperidine rings is 1. The fourth-order valence-electron chi connectivity index (χ4n) is 3.16. The minimum Gasteiger partial charge on any atom is -0.382 e. The van der Waals surface area contributed by atoms with Gasteiger partial charge in [-0.25, -0.2) is 0 Å². The number of anilines is 1. The minimum absolute atomic E-state index is 0.0327. The van der Waals surface area contributed by atoms with Gasteiger partial charge in [-0.15, -0.1) is 0 Å². The standard InChI is InChI=1S/C17H21FN2O3.CH3NO/c18-16(21)12-1-3-14(4-2-12)19-15-5-8-20(9-6-15)17(22)13-7-10-23-11-13;2-1-3/h1-4,13,15,19H,5-11H2;1H,(H2,2,3). The number of nitrogens with zero attached hydrogens (tertiary/aromatic N) is 1. The van der Waals surface area contributed by atoms with Gasteiger partial charge in [0.15, 0.2) is 0 Å². The summed E-state index contributed by atoms with van der Waals surface area (Å²) < 4.78 is 17.9. The van der Waals surface area contributed by atoms with Gasteiger partial charge in [-0.1, -0.05) is 0 Å². The van der Waals surface area contributed by atoms with Crippen molar-refractivity contribution in [3.05, 3.63) is 29.8 Å². The van der Waals surface area contributed by atoms with Crippen LogP contribution in [0.1, 0.15) is 29.6 Å². The third-order valence-corrected chi connectivity index (χ3v) is 4.57. The first-order chi connectivity index (χ1) is 12.5. The van der Waals surface area contributed by atoms with Gasteiger partial charge in [0.2, 0.25) is 12.3 Å². The second-order valence-electron chi connectivity index (χ2n) is 6.29. The molecule has 0 bridgehead atoms. The number of carbonyl (C=O) groups is 3. The van der Waals surface area contributed by atoms with Gasteiger partial charge in [-0.05, 0) is 43.5 Å². The highest BCUT2D eigenvalue weighted by Crippen LogP contribution is 2.21. The second-order valence-corrected chi connectivity index (χ2v) is 6.29.